The van der Waals surface area contributed by atoms with Crippen LogP contribution in [-0.4, -0.2) is 47.8 Å². The topological polar surface area (TPSA) is 31.7 Å². The number of likely N-dealkylation sites (tertiary alicyclic amines) is 1. The lowest BCUT2D eigenvalue weighted by molar-refractivity contribution is 0.207. The van der Waals surface area contributed by atoms with Crippen LogP contribution in [0.15, 0.2) is 47.6 Å². The average molecular weight is 346 g/mol. The van der Waals surface area contributed by atoms with Crippen LogP contribution in [0.5, 0.6) is 0 Å². The molecule has 2 fully saturated rings. The third kappa shape index (κ3) is 2.92. The first-order valence-electron chi connectivity index (χ1n) is 9.97. The molecule has 2 saturated heterocycles. The first kappa shape index (κ1) is 16.0. The number of aliphatic imine (C=N–C) groups is 1. The number of piperidine rings is 1. The fourth-order valence-corrected chi connectivity index (χ4v) is 4.69. The molecular formula is C22H26N4. The van der Waals surface area contributed by atoms with Crippen LogP contribution in [0.4, 0.5) is 5.82 Å². The van der Waals surface area contributed by atoms with Gasteiger partial charge in [-0.3, -0.25) is 4.99 Å². The van der Waals surface area contributed by atoms with E-state index in [4.69, 9.17) is 4.99 Å². The quantitative estimate of drug-likeness (QED) is 0.852. The summed E-state index contributed by atoms with van der Waals surface area (Å²) in [5.74, 6) is 1.11. The Morgan fingerprint density at radius 1 is 0.923 bits per heavy atom. The van der Waals surface area contributed by atoms with Crippen LogP contribution < -0.4 is 4.90 Å². The molecule has 0 aliphatic carbocycles. The highest BCUT2D eigenvalue weighted by molar-refractivity contribution is 6.15. The molecule has 1 aromatic carbocycles. The molecule has 0 saturated carbocycles. The van der Waals surface area contributed by atoms with E-state index >= 15 is 0 Å². The highest BCUT2D eigenvalue weighted by atomic mass is 15.2. The van der Waals surface area contributed by atoms with Gasteiger partial charge in [-0.25, -0.2) is 4.98 Å². The first-order valence-corrected chi connectivity index (χ1v) is 9.97. The smallest absolute Gasteiger partial charge is 0.129 e. The number of rotatable bonds is 3. The van der Waals surface area contributed by atoms with Crippen LogP contribution in [0, 0.1) is 0 Å². The molecule has 4 heteroatoms. The number of hydrogen-bond donors (Lipinski definition) is 0. The van der Waals surface area contributed by atoms with Gasteiger partial charge < -0.3 is 9.80 Å². The normalized spacial score (nSPS) is 21.1. The van der Waals surface area contributed by atoms with Gasteiger partial charge in [-0.15, -0.1) is 0 Å². The van der Waals surface area contributed by atoms with Gasteiger partial charge in [0, 0.05) is 36.5 Å². The van der Waals surface area contributed by atoms with Gasteiger partial charge in [0.05, 0.1) is 12.3 Å². The van der Waals surface area contributed by atoms with Gasteiger partial charge in [0.15, 0.2) is 0 Å². The van der Waals surface area contributed by atoms with Crippen LogP contribution >= 0.6 is 0 Å². The summed E-state index contributed by atoms with van der Waals surface area (Å²) >= 11 is 0. The fraction of sp³-hybridized carbons (Fsp3) is 0.455. The summed E-state index contributed by atoms with van der Waals surface area (Å²) in [6.45, 7) is 5.63. The highest BCUT2D eigenvalue weighted by Crippen LogP contribution is 2.27. The molecule has 0 spiro atoms. The number of benzene rings is 1. The van der Waals surface area contributed by atoms with Crippen molar-refractivity contribution >= 4 is 11.5 Å². The van der Waals surface area contributed by atoms with Crippen molar-refractivity contribution in [2.45, 2.75) is 38.3 Å². The molecule has 4 nitrogen and oxygen atoms in total. The standard InChI is InChI=1S/C22H26N4/c1-2-6-20-18(5-1)16-24-22(20)17-7-10-23-21(15-17)26-13-8-19(9-14-26)25-11-3-4-12-25/h1-2,5-7,10,15,19H,3-4,8-9,11-14,16H2. The van der Waals surface area contributed by atoms with E-state index in [0.29, 0.717) is 0 Å². The van der Waals surface area contributed by atoms with Gasteiger partial charge in [0.2, 0.25) is 0 Å². The van der Waals surface area contributed by atoms with Crippen molar-refractivity contribution in [3.8, 4) is 0 Å². The van der Waals surface area contributed by atoms with Crippen molar-refractivity contribution in [1.29, 1.82) is 0 Å². The minimum atomic E-state index is 0.781. The van der Waals surface area contributed by atoms with Gasteiger partial charge in [-0.2, -0.15) is 0 Å². The lowest BCUT2D eigenvalue weighted by Gasteiger charge is -2.37. The zero-order valence-corrected chi connectivity index (χ0v) is 15.3. The maximum absolute atomic E-state index is 4.79. The minimum Gasteiger partial charge on any atom is -0.356 e. The molecular weight excluding hydrogens is 320 g/mol. The van der Waals surface area contributed by atoms with Gasteiger partial charge in [-0.05, 0) is 56.5 Å². The van der Waals surface area contributed by atoms with E-state index in [1.54, 1.807) is 0 Å². The Bertz CT molecular complexity index is 814. The number of anilines is 1. The summed E-state index contributed by atoms with van der Waals surface area (Å²) in [6, 6.07) is 13.7. The number of pyridine rings is 1. The van der Waals surface area contributed by atoms with Crippen LogP contribution in [0.1, 0.15) is 42.4 Å². The number of hydrogen-bond acceptors (Lipinski definition) is 4. The molecule has 0 amide bonds. The number of nitrogens with zero attached hydrogens (tertiary/aromatic N) is 4. The fourth-order valence-electron chi connectivity index (χ4n) is 4.69. The van der Waals surface area contributed by atoms with E-state index in [1.807, 2.05) is 6.20 Å². The molecule has 4 heterocycles. The lowest BCUT2D eigenvalue weighted by atomic mass is 10.0. The Balaban J connectivity index is 1.32. The zero-order chi connectivity index (χ0) is 17.3. The molecule has 0 unspecified atom stereocenters. The van der Waals surface area contributed by atoms with Crippen molar-refractivity contribution in [3.63, 3.8) is 0 Å². The van der Waals surface area contributed by atoms with E-state index in [1.165, 1.54) is 55.5 Å². The van der Waals surface area contributed by atoms with Crippen molar-refractivity contribution in [3.05, 3.63) is 59.3 Å². The minimum absolute atomic E-state index is 0.781. The van der Waals surface area contributed by atoms with Crippen LogP contribution in [0.2, 0.25) is 0 Å². The summed E-state index contributed by atoms with van der Waals surface area (Å²) in [4.78, 5) is 14.6. The van der Waals surface area contributed by atoms with E-state index < -0.39 is 0 Å². The highest BCUT2D eigenvalue weighted by Gasteiger charge is 2.27. The third-order valence-corrected chi connectivity index (χ3v) is 6.14. The second-order valence-corrected chi connectivity index (χ2v) is 7.69. The Kier molecular flexibility index (Phi) is 4.21. The van der Waals surface area contributed by atoms with E-state index in [0.717, 1.165) is 37.2 Å². The van der Waals surface area contributed by atoms with Crippen molar-refractivity contribution < 1.29 is 0 Å². The molecule has 0 bridgehead atoms. The second kappa shape index (κ2) is 6.84. The molecule has 0 atom stereocenters. The van der Waals surface area contributed by atoms with Crippen molar-refractivity contribution in [2.24, 2.45) is 4.99 Å². The van der Waals surface area contributed by atoms with Gasteiger partial charge in [-0.1, -0.05) is 24.3 Å². The second-order valence-electron chi connectivity index (χ2n) is 7.69. The van der Waals surface area contributed by atoms with Crippen molar-refractivity contribution in [1.82, 2.24) is 9.88 Å². The molecule has 0 radical (unpaired) electrons. The molecule has 134 valence electrons. The summed E-state index contributed by atoms with van der Waals surface area (Å²) < 4.78 is 0. The monoisotopic (exact) mass is 346 g/mol. The Morgan fingerprint density at radius 3 is 2.58 bits per heavy atom. The van der Waals surface area contributed by atoms with E-state index in [-0.39, 0.29) is 0 Å². The summed E-state index contributed by atoms with van der Waals surface area (Å²) in [5.41, 5.74) is 4.92. The summed E-state index contributed by atoms with van der Waals surface area (Å²) in [7, 11) is 0. The summed E-state index contributed by atoms with van der Waals surface area (Å²) in [6.07, 6.45) is 7.23. The Labute approximate surface area is 155 Å². The zero-order valence-electron chi connectivity index (χ0n) is 15.3. The van der Waals surface area contributed by atoms with Crippen LogP contribution in [0.3, 0.4) is 0 Å². The van der Waals surface area contributed by atoms with Crippen LogP contribution in [-0.2, 0) is 6.54 Å². The maximum atomic E-state index is 4.79. The third-order valence-electron chi connectivity index (χ3n) is 6.14. The molecule has 2 aromatic rings. The van der Waals surface area contributed by atoms with Crippen molar-refractivity contribution in [2.75, 3.05) is 31.1 Å². The van der Waals surface area contributed by atoms with Gasteiger partial charge in [0.1, 0.15) is 5.82 Å². The first-order chi connectivity index (χ1) is 12.9. The predicted molar refractivity (Wildman–Crippen MR) is 106 cm³/mol. The number of fused-ring (bicyclic) bond motifs is 1. The molecule has 3 aliphatic rings. The van der Waals surface area contributed by atoms with Gasteiger partial charge >= 0.3 is 0 Å². The Morgan fingerprint density at radius 2 is 1.73 bits per heavy atom. The molecule has 1 aromatic heterocycles. The maximum Gasteiger partial charge on any atom is 0.129 e. The Hall–Kier alpha value is -2.20. The average Bonchev–Trinajstić information content (AvgIpc) is 3.38. The van der Waals surface area contributed by atoms with E-state index in [9.17, 15) is 0 Å². The molecule has 5 rings (SSSR count). The number of aromatic nitrogens is 1. The van der Waals surface area contributed by atoms with Gasteiger partial charge in [0.25, 0.3) is 0 Å². The lowest BCUT2D eigenvalue weighted by Crippen LogP contribution is -2.44. The SMILES string of the molecule is c1ccc2c(c1)CN=C2c1ccnc(N2CCC(N3CCCC3)CC2)c1. The molecule has 0 N–H and O–H groups in total. The molecule has 3 aliphatic heterocycles. The van der Waals surface area contributed by atoms with Crippen LogP contribution in [0.25, 0.3) is 0 Å². The summed E-state index contributed by atoms with van der Waals surface area (Å²) in [5, 5.41) is 0. The predicted octanol–water partition coefficient (Wildman–Crippen LogP) is 3.50. The molecule has 26 heavy (non-hydrogen) atoms. The largest absolute Gasteiger partial charge is 0.356 e. The van der Waals surface area contributed by atoms with E-state index in [2.05, 4.69) is 51.2 Å².